The second-order valence-corrected chi connectivity index (χ2v) is 10.7. The largest absolute Gasteiger partial charge is 0.468 e. The van der Waals surface area contributed by atoms with E-state index >= 15 is 0 Å². The Kier molecular flexibility index (Phi) is 5.77. The molecule has 0 spiro atoms. The van der Waals surface area contributed by atoms with Crippen molar-refractivity contribution < 1.29 is 17.6 Å². The lowest BCUT2D eigenvalue weighted by Crippen LogP contribution is -2.26. The van der Waals surface area contributed by atoms with Gasteiger partial charge in [-0.05, 0) is 61.6 Å². The Hall–Kier alpha value is -2.49. The monoisotopic (exact) mass is 445 g/mol. The molecule has 1 aliphatic rings. The summed E-state index contributed by atoms with van der Waals surface area (Å²) in [5, 5.41) is 3.43. The summed E-state index contributed by atoms with van der Waals surface area (Å²) < 4.78 is 31.9. The average Bonchev–Trinajstić information content (AvgIpc) is 3.37. The molecule has 1 atom stereocenters. The summed E-state index contributed by atoms with van der Waals surface area (Å²) >= 11 is 1.52. The number of carbonyl (C=O) groups is 1. The smallest absolute Gasteiger partial charge is 0.257 e. The van der Waals surface area contributed by atoms with Crippen LogP contribution in [0.1, 0.15) is 40.0 Å². The van der Waals surface area contributed by atoms with Crippen LogP contribution < -0.4 is 5.32 Å². The second-order valence-electron chi connectivity index (χ2n) is 7.56. The molecule has 0 radical (unpaired) electrons. The van der Waals surface area contributed by atoms with Gasteiger partial charge in [-0.15, -0.1) is 11.3 Å². The number of carbonyl (C=O) groups excluding carboxylic acids is 1. The number of anilines is 1. The number of rotatable bonds is 6. The van der Waals surface area contributed by atoms with Crippen LogP contribution in [0.3, 0.4) is 0 Å². The van der Waals surface area contributed by atoms with Gasteiger partial charge in [0.25, 0.3) is 5.91 Å². The number of sulfonamides is 1. The topological polar surface area (TPSA) is 92.5 Å². The molecule has 2 aromatic heterocycles. The third-order valence-corrected chi connectivity index (χ3v) is 8.04. The quantitative estimate of drug-likeness (QED) is 0.621. The molecule has 4 rings (SSSR count). The molecule has 0 aliphatic heterocycles. The van der Waals surface area contributed by atoms with E-state index in [0.29, 0.717) is 22.4 Å². The summed E-state index contributed by atoms with van der Waals surface area (Å²) in [6, 6.07) is 9.34. The van der Waals surface area contributed by atoms with E-state index in [0.717, 1.165) is 25.0 Å². The number of aromatic nitrogens is 1. The van der Waals surface area contributed by atoms with Crippen LogP contribution in [0.25, 0.3) is 0 Å². The van der Waals surface area contributed by atoms with Crippen LogP contribution in [0.2, 0.25) is 0 Å². The highest BCUT2D eigenvalue weighted by Crippen LogP contribution is 2.32. The van der Waals surface area contributed by atoms with Crippen LogP contribution in [0.5, 0.6) is 0 Å². The van der Waals surface area contributed by atoms with Crippen molar-refractivity contribution in [2.75, 3.05) is 12.4 Å². The summed E-state index contributed by atoms with van der Waals surface area (Å²) in [6.45, 7) is 2.35. The Morgan fingerprint density at radius 2 is 2.07 bits per heavy atom. The van der Waals surface area contributed by atoms with Crippen molar-refractivity contribution in [1.29, 1.82) is 0 Å². The van der Waals surface area contributed by atoms with Gasteiger partial charge in [-0.25, -0.2) is 13.4 Å². The molecule has 0 saturated carbocycles. The van der Waals surface area contributed by atoms with Gasteiger partial charge in [0.1, 0.15) is 5.76 Å². The van der Waals surface area contributed by atoms with Gasteiger partial charge >= 0.3 is 0 Å². The minimum Gasteiger partial charge on any atom is -0.468 e. The zero-order valence-corrected chi connectivity index (χ0v) is 18.4. The maximum atomic E-state index is 12.7. The van der Waals surface area contributed by atoms with Crippen LogP contribution >= 0.6 is 11.3 Å². The lowest BCUT2D eigenvalue weighted by Gasteiger charge is -2.16. The SMILES string of the molecule is C[C@H]1CCc2nc(NC(=O)c3ccc(S(=O)(=O)N(C)Cc4ccco4)cc3)sc2C1. The van der Waals surface area contributed by atoms with Crippen molar-refractivity contribution in [3.63, 3.8) is 0 Å². The molecule has 1 amide bonds. The first-order valence-electron chi connectivity index (χ1n) is 9.71. The molecule has 0 saturated heterocycles. The minimum absolute atomic E-state index is 0.117. The van der Waals surface area contributed by atoms with Crippen LogP contribution in [-0.4, -0.2) is 30.7 Å². The number of hydrogen-bond acceptors (Lipinski definition) is 6. The van der Waals surface area contributed by atoms with Gasteiger partial charge in [0.2, 0.25) is 10.0 Å². The van der Waals surface area contributed by atoms with Crippen LogP contribution in [0.4, 0.5) is 5.13 Å². The van der Waals surface area contributed by atoms with Crippen molar-refractivity contribution in [2.24, 2.45) is 5.92 Å². The standard InChI is InChI=1S/C21H23N3O4S2/c1-14-5-10-18-19(12-14)29-21(22-18)23-20(25)15-6-8-17(9-7-15)30(26,27)24(2)13-16-4-3-11-28-16/h3-4,6-9,11,14H,5,10,12-13H2,1-2H3,(H,22,23,25)/t14-/m0/s1. The van der Waals surface area contributed by atoms with Gasteiger partial charge in [0.15, 0.2) is 5.13 Å². The van der Waals surface area contributed by atoms with Crippen molar-refractivity contribution >= 4 is 32.4 Å². The lowest BCUT2D eigenvalue weighted by molar-refractivity contribution is 0.102. The number of fused-ring (bicyclic) bond motifs is 1. The van der Waals surface area contributed by atoms with E-state index in [9.17, 15) is 13.2 Å². The van der Waals surface area contributed by atoms with Crippen LogP contribution in [-0.2, 0) is 29.4 Å². The summed E-state index contributed by atoms with van der Waals surface area (Å²) in [5.74, 6) is 0.890. The van der Waals surface area contributed by atoms with Gasteiger partial charge in [0, 0.05) is 17.5 Å². The molecular weight excluding hydrogens is 422 g/mol. The minimum atomic E-state index is -3.69. The summed E-state index contributed by atoms with van der Waals surface area (Å²) in [7, 11) is -2.20. The van der Waals surface area contributed by atoms with E-state index in [2.05, 4.69) is 17.2 Å². The highest BCUT2D eigenvalue weighted by Gasteiger charge is 2.23. The zero-order chi connectivity index (χ0) is 21.3. The van der Waals surface area contributed by atoms with E-state index in [-0.39, 0.29) is 17.3 Å². The Morgan fingerprint density at radius 1 is 1.30 bits per heavy atom. The maximum absolute atomic E-state index is 12.7. The highest BCUT2D eigenvalue weighted by atomic mass is 32.2. The Bertz CT molecular complexity index is 1140. The Labute approximate surface area is 179 Å². The van der Waals surface area contributed by atoms with Gasteiger partial charge in [0.05, 0.1) is 23.4 Å². The van der Waals surface area contributed by atoms with Crippen LogP contribution in [0, 0.1) is 5.92 Å². The van der Waals surface area contributed by atoms with E-state index < -0.39 is 10.0 Å². The second kappa shape index (κ2) is 8.33. The van der Waals surface area contributed by atoms with Crippen molar-refractivity contribution in [1.82, 2.24) is 9.29 Å². The first-order chi connectivity index (χ1) is 14.3. The molecule has 1 N–H and O–H groups in total. The Balaban J connectivity index is 1.44. The van der Waals surface area contributed by atoms with E-state index in [1.54, 1.807) is 12.1 Å². The molecule has 1 aliphatic carbocycles. The van der Waals surface area contributed by atoms with Gasteiger partial charge in [-0.2, -0.15) is 4.31 Å². The van der Waals surface area contributed by atoms with E-state index in [4.69, 9.17) is 4.42 Å². The van der Waals surface area contributed by atoms with E-state index in [1.165, 1.54) is 58.1 Å². The van der Waals surface area contributed by atoms with Crippen molar-refractivity contribution in [2.45, 2.75) is 37.6 Å². The fourth-order valence-corrected chi connectivity index (χ4v) is 5.73. The maximum Gasteiger partial charge on any atom is 0.257 e. The van der Waals surface area contributed by atoms with Crippen molar-refractivity contribution in [3.8, 4) is 0 Å². The molecule has 7 nitrogen and oxygen atoms in total. The van der Waals surface area contributed by atoms with Crippen molar-refractivity contribution in [3.05, 3.63) is 64.6 Å². The molecule has 0 bridgehead atoms. The summed E-state index contributed by atoms with van der Waals surface area (Å²) in [5.41, 5.74) is 1.46. The molecule has 1 aromatic carbocycles. The number of furan rings is 1. The number of nitrogens with zero attached hydrogens (tertiary/aromatic N) is 2. The lowest BCUT2D eigenvalue weighted by atomic mass is 9.93. The average molecular weight is 446 g/mol. The zero-order valence-electron chi connectivity index (χ0n) is 16.8. The number of amides is 1. The molecule has 158 valence electrons. The van der Waals surface area contributed by atoms with E-state index in [1.807, 2.05) is 0 Å². The predicted molar refractivity (Wildman–Crippen MR) is 115 cm³/mol. The number of hydrogen-bond donors (Lipinski definition) is 1. The molecule has 2 heterocycles. The fourth-order valence-electron chi connectivity index (χ4n) is 3.43. The Morgan fingerprint density at radius 3 is 2.77 bits per heavy atom. The number of thiazole rings is 1. The third-order valence-electron chi connectivity index (χ3n) is 5.19. The predicted octanol–water partition coefficient (Wildman–Crippen LogP) is 3.93. The molecule has 0 unspecified atom stereocenters. The molecule has 0 fully saturated rings. The van der Waals surface area contributed by atoms with Gasteiger partial charge in [-0.3, -0.25) is 10.1 Å². The van der Waals surface area contributed by atoms with Gasteiger partial charge < -0.3 is 4.42 Å². The number of benzene rings is 1. The molecule has 3 aromatic rings. The summed E-state index contributed by atoms with van der Waals surface area (Å²) in [6.07, 6.45) is 4.57. The van der Waals surface area contributed by atoms with Crippen LogP contribution in [0.15, 0.2) is 52.0 Å². The highest BCUT2D eigenvalue weighted by molar-refractivity contribution is 7.89. The molecular formula is C21H23N3O4S2. The third kappa shape index (κ3) is 4.33. The number of aryl methyl sites for hydroxylation is 1. The van der Waals surface area contributed by atoms with Gasteiger partial charge in [-0.1, -0.05) is 6.92 Å². The summed E-state index contributed by atoms with van der Waals surface area (Å²) in [4.78, 5) is 18.5. The fraction of sp³-hybridized carbons (Fsp3) is 0.333. The number of nitrogens with one attached hydrogen (secondary N) is 1. The molecule has 30 heavy (non-hydrogen) atoms. The normalized spacial score (nSPS) is 16.4. The molecule has 9 heteroatoms. The first-order valence-corrected chi connectivity index (χ1v) is 12.0. The first kappa shape index (κ1) is 20.8.